The summed E-state index contributed by atoms with van der Waals surface area (Å²) >= 11 is 0. The molecule has 2 rings (SSSR count). The van der Waals surface area contributed by atoms with Crippen LogP contribution in [-0.4, -0.2) is 23.0 Å². The Morgan fingerprint density at radius 2 is 1.90 bits per heavy atom. The maximum Gasteiger partial charge on any atom is 0.411 e. The summed E-state index contributed by atoms with van der Waals surface area (Å²) in [5, 5.41) is 10.1. The molecule has 0 bridgehead atoms. The van der Waals surface area contributed by atoms with E-state index in [9.17, 15) is 4.79 Å². The van der Waals surface area contributed by atoms with Gasteiger partial charge < -0.3 is 10.1 Å². The summed E-state index contributed by atoms with van der Waals surface area (Å²) in [4.78, 5) is 11.1. The first-order valence-corrected chi connectivity index (χ1v) is 6.29. The number of ether oxygens (including phenoxy) is 1. The molecule has 0 fully saturated rings. The molecule has 0 aliphatic rings. The number of carbonyl (C=O) groups is 1. The van der Waals surface area contributed by atoms with Gasteiger partial charge in [-0.3, -0.25) is 10.00 Å². The van der Waals surface area contributed by atoms with Crippen molar-refractivity contribution in [3.63, 3.8) is 0 Å². The molecule has 2 N–H and O–H groups in total. The lowest BCUT2D eigenvalue weighted by molar-refractivity contribution is 0.187. The second kappa shape index (κ2) is 6.10. The van der Waals surface area contributed by atoms with E-state index < -0.39 is 6.09 Å². The highest BCUT2D eigenvalue weighted by molar-refractivity contribution is 5.84. The van der Waals surface area contributed by atoms with Gasteiger partial charge in [-0.15, -0.1) is 0 Å². The van der Waals surface area contributed by atoms with Gasteiger partial charge in [0.2, 0.25) is 0 Å². The SMILES string of the molecule is COC(=O)Nc1ccc(NC(C)c2ccnn2C)cc1. The summed E-state index contributed by atoms with van der Waals surface area (Å²) in [6.45, 7) is 2.07. The fourth-order valence-corrected chi connectivity index (χ4v) is 1.95. The van der Waals surface area contributed by atoms with E-state index >= 15 is 0 Å². The van der Waals surface area contributed by atoms with Gasteiger partial charge in [0.1, 0.15) is 0 Å². The van der Waals surface area contributed by atoms with Gasteiger partial charge in [-0.05, 0) is 37.3 Å². The van der Waals surface area contributed by atoms with Crippen LogP contribution in [0.15, 0.2) is 36.5 Å². The summed E-state index contributed by atoms with van der Waals surface area (Å²) in [6.07, 6.45) is 1.30. The topological polar surface area (TPSA) is 68.2 Å². The summed E-state index contributed by atoms with van der Waals surface area (Å²) < 4.78 is 6.37. The second-order valence-corrected chi connectivity index (χ2v) is 4.44. The van der Waals surface area contributed by atoms with Crippen molar-refractivity contribution in [2.24, 2.45) is 7.05 Å². The highest BCUT2D eigenvalue weighted by atomic mass is 16.5. The number of benzene rings is 1. The Morgan fingerprint density at radius 1 is 1.25 bits per heavy atom. The van der Waals surface area contributed by atoms with E-state index in [4.69, 9.17) is 0 Å². The monoisotopic (exact) mass is 274 g/mol. The van der Waals surface area contributed by atoms with Crippen molar-refractivity contribution in [3.05, 3.63) is 42.2 Å². The maximum absolute atomic E-state index is 11.1. The molecular formula is C14H18N4O2. The molecule has 1 atom stereocenters. The molecule has 1 aromatic carbocycles. The van der Waals surface area contributed by atoms with E-state index in [-0.39, 0.29) is 6.04 Å². The molecule has 0 radical (unpaired) electrons. The van der Waals surface area contributed by atoms with Gasteiger partial charge in [0.25, 0.3) is 0 Å². The molecule has 6 heteroatoms. The minimum absolute atomic E-state index is 0.141. The van der Waals surface area contributed by atoms with Crippen molar-refractivity contribution < 1.29 is 9.53 Å². The molecule has 0 aliphatic heterocycles. The molecule has 0 saturated heterocycles. The van der Waals surface area contributed by atoms with Crippen molar-refractivity contribution in [2.75, 3.05) is 17.7 Å². The lowest BCUT2D eigenvalue weighted by atomic mass is 10.2. The van der Waals surface area contributed by atoms with Crippen molar-refractivity contribution in [2.45, 2.75) is 13.0 Å². The van der Waals surface area contributed by atoms with Crippen LogP contribution in [0.4, 0.5) is 16.2 Å². The number of carbonyl (C=O) groups excluding carboxylic acids is 1. The van der Waals surface area contributed by atoms with Gasteiger partial charge in [0.15, 0.2) is 0 Å². The minimum Gasteiger partial charge on any atom is -0.453 e. The van der Waals surface area contributed by atoms with E-state index in [1.54, 1.807) is 6.20 Å². The zero-order chi connectivity index (χ0) is 14.5. The molecule has 1 heterocycles. The Labute approximate surface area is 117 Å². The number of anilines is 2. The molecule has 1 amide bonds. The van der Waals surface area contributed by atoms with Crippen molar-refractivity contribution >= 4 is 17.5 Å². The van der Waals surface area contributed by atoms with E-state index in [0.29, 0.717) is 5.69 Å². The van der Waals surface area contributed by atoms with Gasteiger partial charge in [0, 0.05) is 24.6 Å². The zero-order valence-electron chi connectivity index (χ0n) is 11.8. The van der Waals surface area contributed by atoms with Crippen LogP contribution >= 0.6 is 0 Å². The standard InChI is InChI=1S/C14H18N4O2/c1-10(13-8-9-15-18(13)2)16-11-4-6-12(7-5-11)17-14(19)20-3/h4-10,16H,1-3H3,(H,17,19). The van der Waals surface area contributed by atoms with E-state index in [1.807, 2.05) is 42.1 Å². The van der Waals surface area contributed by atoms with Crippen LogP contribution in [0.25, 0.3) is 0 Å². The Bertz CT molecular complexity index is 577. The summed E-state index contributed by atoms with van der Waals surface area (Å²) in [5.41, 5.74) is 2.76. The predicted molar refractivity (Wildman–Crippen MR) is 77.7 cm³/mol. The average Bonchev–Trinajstić information content (AvgIpc) is 2.87. The molecule has 20 heavy (non-hydrogen) atoms. The summed E-state index contributed by atoms with van der Waals surface area (Å²) in [5.74, 6) is 0. The van der Waals surface area contributed by atoms with Crippen molar-refractivity contribution in [1.29, 1.82) is 0 Å². The third-order valence-electron chi connectivity index (χ3n) is 3.00. The first-order valence-electron chi connectivity index (χ1n) is 6.29. The number of hydrogen-bond acceptors (Lipinski definition) is 4. The first kappa shape index (κ1) is 13.9. The number of aryl methyl sites for hydroxylation is 1. The lowest BCUT2D eigenvalue weighted by Crippen LogP contribution is -2.12. The number of nitrogens with one attached hydrogen (secondary N) is 2. The number of rotatable bonds is 4. The highest BCUT2D eigenvalue weighted by Gasteiger charge is 2.09. The van der Waals surface area contributed by atoms with Crippen LogP contribution < -0.4 is 10.6 Å². The van der Waals surface area contributed by atoms with Gasteiger partial charge in [-0.1, -0.05) is 0 Å². The van der Waals surface area contributed by atoms with Crippen LogP contribution in [0.2, 0.25) is 0 Å². The van der Waals surface area contributed by atoms with Crippen molar-refractivity contribution in [3.8, 4) is 0 Å². The van der Waals surface area contributed by atoms with E-state index in [2.05, 4.69) is 27.4 Å². The Hall–Kier alpha value is -2.50. The van der Waals surface area contributed by atoms with Gasteiger partial charge >= 0.3 is 6.09 Å². The Balaban J connectivity index is 2.00. The van der Waals surface area contributed by atoms with Crippen molar-refractivity contribution in [1.82, 2.24) is 9.78 Å². The molecule has 0 saturated carbocycles. The molecule has 2 aromatic rings. The van der Waals surface area contributed by atoms with E-state index in [1.165, 1.54) is 7.11 Å². The van der Waals surface area contributed by atoms with Crippen LogP contribution in [0.1, 0.15) is 18.7 Å². The molecule has 106 valence electrons. The molecule has 0 spiro atoms. The number of hydrogen-bond donors (Lipinski definition) is 2. The Kier molecular flexibility index (Phi) is 4.24. The molecule has 1 aromatic heterocycles. The van der Waals surface area contributed by atoms with Gasteiger partial charge in [-0.2, -0.15) is 5.10 Å². The smallest absolute Gasteiger partial charge is 0.411 e. The minimum atomic E-state index is -0.478. The quantitative estimate of drug-likeness (QED) is 0.899. The number of aromatic nitrogens is 2. The third kappa shape index (κ3) is 3.28. The fourth-order valence-electron chi connectivity index (χ4n) is 1.95. The van der Waals surface area contributed by atoms with Gasteiger partial charge in [-0.25, -0.2) is 4.79 Å². The van der Waals surface area contributed by atoms with Crippen LogP contribution in [0.5, 0.6) is 0 Å². The molecule has 0 aliphatic carbocycles. The highest BCUT2D eigenvalue weighted by Crippen LogP contribution is 2.20. The van der Waals surface area contributed by atoms with Crippen LogP contribution in [0.3, 0.4) is 0 Å². The number of methoxy groups -OCH3 is 1. The molecular weight excluding hydrogens is 256 g/mol. The van der Waals surface area contributed by atoms with E-state index in [0.717, 1.165) is 11.4 Å². The fraction of sp³-hybridized carbons (Fsp3) is 0.286. The maximum atomic E-state index is 11.1. The average molecular weight is 274 g/mol. The summed E-state index contributed by atoms with van der Waals surface area (Å²) in [7, 11) is 3.25. The molecule has 1 unspecified atom stereocenters. The first-order chi connectivity index (χ1) is 9.60. The number of amides is 1. The number of nitrogens with zero attached hydrogens (tertiary/aromatic N) is 2. The second-order valence-electron chi connectivity index (χ2n) is 4.44. The zero-order valence-corrected chi connectivity index (χ0v) is 11.8. The normalized spacial score (nSPS) is 11.8. The predicted octanol–water partition coefficient (Wildman–Crippen LogP) is 2.77. The van der Waals surface area contributed by atoms with Crippen LogP contribution in [0, 0.1) is 0 Å². The van der Waals surface area contributed by atoms with Crippen LogP contribution in [-0.2, 0) is 11.8 Å². The van der Waals surface area contributed by atoms with Gasteiger partial charge in [0.05, 0.1) is 18.8 Å². The molecule has 6 nitrogen and oxygen atoms in total. The third-order valence-corrected chi connectivity index (χ3v) is 3.00. The Morgan fingerprint density at radius 3 is 2.45 bits per heavy atom. The largest absolute Gasteiger partial charge is 0.453 e. The lowest BCUT2D eigenvalue weighted by Gasteiger charge is -2.16. The summed E-state index contributed by atoms with van der Waals surface area (Å²) in [6, 6.07) is 9.55.